The predicted octanol–water partition coefficient (Wildman–Crippen LogP) is 2.21. The van der Waals surface area contributed by atoms with E-state index < -0.39 is 0 Å². The first-order chi connectivity index (χ1) is 7.38. The second-order valence-corrected chi connectivity index (χ2v) is 4.75. The predicted molar refractivity (Wildman–Crippen MR) is 65.0 cm³/mol. The molecule has 0 N–H and O–H groups in total. The molecule has 0 bridgehead atoms. The second-order valence-electron chi connectivity index (χ2n) is 3.76. The summed E-state index contributed by atoms with van der Waals surface area (Å²) in [5.41, 5.74) is 1.74. The molecule has 1 fully saturated rings. The van der Waals surface area contributed by atoms with Crippen molar-refractivity contribution >= 4 is 11.8 Å². The van der Waals surface area contributed by atoms with Gasteiger partial charge in [0, 0.05) is 19.6 Å². The number of morpholine rings is 1. The van der Waals surface area contributed by atoms with Gasteiger partial charge in [-0.05, 0) is 11.8 Å². The Bertz CT molecular complexity index is 291. The minimum Gasteiger partial charge on any atom is -0.365 e. The van der Waals surface area contributed by atoms with Crippen LogP contribution in [0.3, 0.4) is 0 Å². The Morgan fingerprint density at radius 2 is 2.20 bits per heavy atom. The highest BCUT2D eigenvalue weighted by Crippen LogP contribution is 2.16. The molecule has 1 aromatic carbocycles. The highest BCUT2D eigenvalue weighted by molar-refractivity contribution is 7.99. The topological polar surface area (TPSA) is 12.5 Å². The van der Waals surface area contributed by atoms with Crippen LogP contribution in [0.25, 0.3) is 0 Å². The molecule has 0 radical (unpaired) electrons. The summed E-state index contributed by atoms with van der Waals surface area (Å²) < 4.78 is 5.62. The molecule has 15 heavy (non-hydrogen) atoms. The molecule has 1 aromatic rings. The Morgan fingerprint density at radius 3 is 2.93 bits per heavy atom. The van der Waals surface area contributed by atoms with Crippen LogP contribution in [-0.4, -0.2) is 36.3 Å². The number of ether oxygens (including phenoxy) is 1. The molecule has 0 unspecified atom stereocenters. The van der Waals surface area contributed by atoms with Crippen LogP contribution >= 0.6 is 11.8 Å². The molecule has 0 amide bonds. The van der Waals surface area contributed by atoms with Crippen molar-refractivity contribution in [2.24, 2.45) is 0 Å². The minimum absolute atomic E-state index is 0.350. The minimum atomic E-state index is 0.350. The molecule has 0 spiro atoms. The van der Waals surface area contributed by atoms with Crippen LogP contribution in [0.15, 0.2) is 30.3 Å². The molecule has 3 heteroatoms. The Hall–Kier alpha value is -0.510. The number of nitrogens with zero attached hydrogens (tertiary/aromatic N) is 1. The smallest absolute Gasteiger partial charge is 0.115 e. The Morgan fingerprint density at radius 1 is 1.40 bits per heavy atom. The maximum Gasteiger partial charge on any atom is 0.115 e. The number of hydrogen-bond donors (Lipinski definition) is 0. The quantitative estimate of drug-likeness (QED) is 0.779. The molecule has 1 aliphatic rings. The molecule has 82 valence electrons. The third-order valence-electron chi connectivity index (χ3n) is 2.63. The van der Waals surface area contributed by atoms with Crippen molar-refractivity contribution in [1.82, 2.24) is 4.90 Å². The molecule has 2 rings (SSSR count). The first-order valence-electron chi connectivity index (χ1n) is 5.29. The summed E-state index contributed by atoms with van der Waals surface area (Å²) in [6.45, 7) is 3.99. The highest BCUT2D eigenvalue weighted by Gasteiger charge is 2.18. The van der Waals surface area contributed by atoms with Gasteiger partial charge in [-0.25, -0.2) is 0 Å². The maximum absolute atomic E-state index is 5.62. The standard InChI is InChI=1S/C12H17NOS/c1-15-12-10-13(7-8-14-12)9-11-5-3-2-4-6-11/h2-6,12H,7-10H2,1H3/t12-/m0/s1. The number of benzene rings is 1. The molecular formula is C12H17NOS. The van der Waals surface area contributed by atoms with Gasteiger partial charge >= 0.3 is 0 Å². The highest BCUT2D eigenvalue weighted by atomic mass is 32.2. The van der Waals surface area contributed by atoms with Gasteiger partial charge in [-0.15, -0.1) is 11.8 Å². The van der Waals surface area contributed by atoms with Gasteiger partial charge in [-0.1, -0.05) is 30.3 Å². The molecule has 1 aliphatic heterocycles. The number of rotatable bonds is 3. The van der Waals surface area contributed by atoms with Crippen LogP contribution in [0.5, 0.6) is 0 Å². The van der Waals surface area contributed by atoms with Crippen molar-refractivity contribution in [3.8, 4) is 0 Å². The Balaban J connectivity index is 1.89. The zero-order valence-electron chi connectivity index (χ0n) is 9.06. The van der Waals surface area contributed by atoms with Gasteiger partial charge < -0.3 is 4.74 Å². The Labute approximate surface area is 95.6 Å². The number of thioether (sulfide) groups is 1. The largest absolute Gasteiger partial charge is 0.365 e. The molecular weight excluding hydrogens is 206 g/mol. The van der Waals surface area contributed by atoms with Crippen molar-refractivity contribution in [2.45, 2.75) is 12.0 Å². The van der Waals surface area contributed by atoms with Gasteiger partial charge in [0.2, 0.25) is 0 Å². The second kappa shape index (κ2) is 5.54. The summed E-state index contributed by atoms with van der Waals surface area (Å²) in [6.07, 6.45) is 2.11. The van der Waals surface area contributed by atoms with E-state index in [1.807, 2.05) is 0 Å². The third-order valence-corrected chi connectivity index (χ3v) is 3.44. The normalized spacial score (nSPS) is 22.9. The van der Waals surface area contributed by atoms with Crippen molar-refractivity contribution in [1.29, 1.82) is 0 Å². The zero-order valence-corrected chi connectivity index (χ0v) is 9.87. The monoisotopic (exact) mass is 223 g/mol. The van der Waals surface area contributed by atoms with Crippen LogP contribution in [0.2, 0.25) is 0 Å². The molecule has 1 heterocycles. The number of hydrogen-bond acceptors (Lipinski definition) is 3. The summed E-state index contributed by atoms with van der Waals surface area (Å²) in [5.74, 6) is 0. The van der Waals surface area contributed by atoms with E-state index >= 15 is 0 Å². The first kappa shape index (κ1) is 11.0. The van der Waals surface area contributed by atoms with Crippen molar-refractivity contribution < 1.29 is 4.74 Å². The lowest BCUT2D eigenvalue weighted by atomic mass is 10.2. The van der Waals surface area contributed by atoms with Crippen molar-refractivity contribution in [3.05, 3.63) is 35.9 Å². The van der Waals surface area contributed by atoms with Gasteiger partial charge in [-0.2, -0.15) is 0 Å². The van der Waals surface area contributed by atoms with E-state index in [0.29, 0.717) is 5.44 Å². The zero-order chi connectivity index (χ0) is 10.5. The van der Waals surface area contributed by atoms with E-state index in [4.69, 9.17) is 4.74 Å². The lowest BCUT2D eigenvalue weighted by molar-refractivity contribution is 0.0149. The van der Waals surface area contributed by atoms with Crippen LogP contribution in [0, 0.1) is 0 Å². The van der Waals surface area contributed by atoms with Crippen LogP contribution < -0.4 is 0 Å². The van der Waals surface area contributed by atoms with E-state index in [0.717, 1.165) is 26.2 Å². The average molecular weight is 223 g/mol. The molecule has 0 aliphatic carbocycles. The third kappa shape index (κ3) is 3.23. The summed E-state index contributed by atoms with van der Waals surface area (Å²) in [7, 11) is 0. The molecule has 1 saturated heterocycles. The van der Waals surface area contributed by atoms with Crippen LogP contribution in [0.4, 0.5) is 0 Å². The molecule has 0 aromatic heterocycles. The SMILES string of the molecule is CS[C@H]1CN(Cc2ccccc2)CCO1. The lowest BCUT2D eigenvalue weighted by Crippen LogP contribution is -2.40. The Kier molecular flexibility index (Phi) is 4.06. The molecule has 0 saturated carbocycles. The fraction of sp³-hybridized carbons (Fsp3) is 0.500. The summed E-state index contributed by atoms with van der Waals surface area (Å²) in [5, 5.41) is 0. The van der Waals surface area contributed by atoms with Gasteiger partial charge in [0.15, 0.2) is 0 Å². The first-order valence-corrected chi connectivity index (χ1v) is 6.58. The fourth-order valence-electron chi connectivity index (χ4n) is 1.80. The molecule has 2 nitrogen and oxygen atoms in total. The maximum atomic E-state index is 5.62. The van der Waals surface area contributed by atoms with Gasteiger partial charge in [0.05, 0.1) is 6.61 Å². The van der Waals surface area contributed by atoms with Crippen LogP contribution in [0.1, 0.15) is 5.56 Å². The van der Waals surface area contributed by atoms with E-state index in [1.165, 1.54) is 5.56 Å². The average Bonchev–Trinajstić information content (AvgIpc) is 2.31. The fourth-order valence-corrected chi connectivity index (χ4v) is 2.39. The van der Waals surface area contributed by atoms with E-state index in [-0.39, 0.29) is 0 Å². The van der Waals surface area contributed by atoms with Gasteiger partial charge in [0.1, 0.15) is 5.44 Å². The van der Waals surface area contributed by atoms with E-state index in [2.05, 4.69) is 41.5 Å². The summed E-state index contributed by atoms with van der Waals surface area (Å²) >= 11 is 1.80. The molecule has 1 atom stereocenters. The van der Waals surface area contributed by atoms with E-state index in [9.17, 15) is 0 Å². The lowest BCUT2D eigenvalue weighted by Gasteiger charge is -2.31. The summed E-state index contributed by atoms with van der Waals surface area (Å²) in [4.78, 5) is 2.46. The van der Waals surface area contributed by atoms with Crippen molar-refractivity contribution in [2.75, 3.05) is 26.0 Å². The van der Waals surface area contributed by atoms with Crippen LogP contribution in [-0.2, 0) is 11.3 Å². The van der Waals surface area contributed by atoms with Crippen molar-refractivity contribution in [3.63, 3.8) is 0 Å². The van der Waals surface area contributed by atoms with E-state index in [1.54, 1.807) is 11.8 Å². The van der Waals surface area contributed by atoms with Gasteiger partial charge in [0.25, 0.3) is 0 Å². The summed E-state index contributed by atoms with van der Waals surface area (Å²) in [6, 6.07) is 10.6. The van der Waals surface area contributed by atoms with Gasteiger partial charge in [-0.3, -0.25) is 4.90 Å².